The molecule has 4 aliphatic rings. The van der Waals surface area contributed by atoms with Gasteiger partial charge in [-0.25, -0.2) is 8.42 Å². The number of benzene rings is 2. The summed E-state index contributed by atoms with van der Waals surface area (Å²) in [5.41, 5.74) is -2.62. The van der Waals surface area contributed by atoms with Crippen LogP contribution in [0.2, 0.25) is 0 Å². The minimum atomic E-state index is -4.46. The van der Waals surface area contributed by atoms with Crippen molar-refractivity contribution < 1.29 is 53.7 Å². The van der Waals surface area contributed by atoms with Gasteiger partial charge in [0.1, 0.15) is 11.5 Å². The predicted octanol–water partition coefficient (Wildman–Crippen LogP) is 7.37. The second kappa shape index (κ2) is 11.5. The highest BCUT2D eigenvalue weighted by molar-refractivity contribution is 7.98. The van der Waals surface area contributed by atoms with Gasteiger partial charge in [0.2, 0.25) is 0 Å². The van der Waals surface area contributed by atoms with Gasteiger partial charge in [0.05, 0.1) is 31.3 Å². The Balaban J connectivity index is 0.000000182. The molecule has 2 unspecified atom stereocenters. The summed E-state index contributed by atoms with van der Waals surface area (Å²) in [6.45, 7) is 7.37. The van der Waals surface area contributed by atoms with E-state index in [4.69, 9.17) is 18.9 Å². The molecule has 0 aromatic heterocycles. The minimum Gasteiger partial charge on any atom is -0.493 e. The third-order valence-electron chi connectivity index (χ3n) is 9.11. The highest BCUT2D eigenvalue weighted by atomic mass is 32.2. The van der Waals surface area contributed by atoms with Crippen molar-refractivity contribution in [2.24, 2.45) is 0 Å². The molecule has 2 fully saturated rings. The molecule has 2 atom stereocenters. The summed E-state index contributed by atoms with van der Waals surface area (Å²) in [4.78, 5) is 1.16. The molecule has 0 amide bonds. The Hall–Kier alpha value is -2.16. The molecule has 0 radical (unpaired) electrons. The quantitative estimate of drug-likeness (QED) is 0.162. The topological polar surface area (TPSA) is 77.7 Å². The third-order valence-corrected chi connectivity index (χ3v) is 10.9. The summed E-state index contributed by atoms with van der Waals surface area (Å²) >= 11 is 1.60. The van der Waals surface area contributed by atoms with Gasteiger partial charge in [0.15, 0.2) is 21.0 Å². The van der Waals surface area contributed by atoms with Crippen molar-refractivity contribution in [2.75, 3.05) is 38.9 Å². The van der Waals surface area contributed by atoms with Gasteiger partial charge in [0.25, 0.3) is 0 Å². The predicted molar refractivity (Wildman–Crippen MR) is 161 cm³/mol. The van der Waals surface area contributed by atoms with Crippen molar-refractivity contribution in [1.82, 2.24) is 0 Å². The summed E-state index contributed by atoms with van der Waals surface area (Å²) in [6, 6.07) is 7.01. The minimum absolute atomic E-state index is 0.0862. The molecule has 46 heavy (non-hydrogen) atoms. The molecular formula is C32H38F6O6S2. The van der Waals surface area contributed by atoms with E-state index in [1.54, 1.807) is 31.7 Å². The lowest BCUT2D eigenvalue weighted by Gasteiger charge is -2.31. The van der Waals surface area contributed by atoms with E-state index in [0.717, 1.165) is 40.0 Å². The van der Waals surface area contributed by atoms with E-state index in [0.29, 0.717) is 30.9 Å². The monoisotopic (exact) mass is 696 g/mol. The highest BCUT2D eigenvalue weighted by Gasteiger charge is 2.68. The SMILES string of the molecule is CC(C)(CC1(C(F)(F)F)CO1)c1cc(S(C)(=O)=O)cc2c1OCC2.CSc1cc2c(c(C(C)(C)CC3(C(F)(F)F)CO3)c1)OCC2. The first-order chi connectivity index (χ1) is 21.0. The van der Waals surface area contributed by atoms with E-state index in [-0.39, 0.29) is 31.0 Å². The Labute approximate surface area is 269 Å². The molecule has 4 heterocycles. The fourth-order valence-electron chi connectivity index (χ4n) is 6.42. The van der Waals surface area contributed by atoms with Gasteiger partial charge in [-0.2, -0.15) is 26.3 Å². The van der Waals surface area contributed by atoms with Crippen molar-refractivity contribution in [3.05, 3.63) is 46.5 Å². The van der Waals surface area contributed by atoms with E-state index in [2.05, 4.69) is 6.07 Å². The Morgan fingerprint density at radius 3 is 1.52 bits per heavy atom. The van der Waals surface area contributed by atoms with Crippen LogP contribution in [0.15, 0.2) is 34.1 Å². The number of ether oxygens (including phenoxy) is 4. The van der Waals surface area contributed by atoms with Gasteiger partial charge in [-0.05, 0) is 65.3 Å². The van der Waals surface area contributed by atoms with Gasteiger partial charge in [-0.15, -0.1) is 11.8 Å². The lowest BCUT2D eigenvalue weighted by Crippen LogP contribution is -2.39. The van der Waals surface area contributed by atoms with E-state index >= 15 is 0 Å². The first-order valence-electron chi connectivity index (χ1n) is 14.8. The Morgan fingerprint density at radius 2 is 1.15 bits per heavy atom. The maximum absolute atomic E-state index is 13.2. The van der Waals surface area contributed by atoms with Crippen molar-refractivity contribution in [2.45, 2.75) is 97.6 Å². The molecule has 0 bridgehead atoms. The zero-order valence-electron chi connectivity index (χ0n) is 26.5. The van der Waals surface area contributed by atoms with Crippen molar-refractivity contribution in [3.8, 4) is 11.5 Å². The van der Waals surface area contributed by atoms with Crippen LogP contribution in [-0.2, 0) is 43.0 Å². The Kier molecular flexibility index (Phi) is 8.77. The fraction of sp³-hybridized carbons (Fsp3) is 0.625. The highest BCUT2D eigenvalue weighted by Crippen LogP contribution is 2.54. The molecule has 0 aliphatic carbocycles. The van der Waals surface area contributed by atoms with Crippen molar-refractivity contribution >= 4 is 21.6 Å². The number of thioether (sulfide) groups is 1. The summed E-state index contributed by atoms with van der Waals surface area (Å²) in [5.74, 6) is 1.27. The Bertz CT molecular complexity index is 1610. The van der Waals surface area contributed by atoms with Crippen molar-refractivity contribution in [1.29, 1.82) is 0 Å². The van der Waals surface area contributed by atoms with Gasteiger partial charge in [-0.1, -0.05) is 27.7 Å². The van der Waals surface area contributed by atoms with Gasteiger partial charge < -0.3 is 18.9 Å². The number of epoxide rings is 2. The lowest BCUT2D eigenvalue weighted by atomic mass is 9.76. The zero-order valence-corrected chi connectivity index (χ0v) is 28.1. The third kappa shape index (κ3) is 6.73. The number of fused-ring (bicyclic) bond motifs is 2. The van der Waals surface area contributed by atoms with Crippen LogP contribution in [0.4, 0.5) is 26.3 Å². The molecule has 14 heteroatoms. The zero-order chi connectivity index (χ0) is 34.1. The van der Waals surface area contributed by atoms with E-state index in [1.165, 1.54) is 6.07 Å². The molecule has 0 saturated carbocycles. The van der Waals surface area contributed by atoms with Crippen LogP contribution < -0.4 is 9.47 Å². The molecule has 2 aromatic carbocycles. The number of hydrogen-bond acceptors (Lipinski definition) is 7. The second-order valence-corrected chi connectivity index (χ2v) is 16.7. The van der Waals surface area contributed by atoms with E-state index in [1.807, 2.05) is 26.2 Å². The molecule has 2 aromatic rings. The van der Waals surface area contributed by atoms with Crippen LogP contribution in [0.1, 0.15) is 62.8 Å². The molecule has 0 N–H and O–H groups in total. The smallest absolute Gasteiger partial charge is 0.419 e. The van der Waals surface area contributed by atoms with Gasteiger partial charge >= 0.3 is 12.4 Å². The second-order valence-electron chi connectivity index (χ2n) is 13.8. The first kappa shape index (κ1) is 35.2. The maximum atomic E-state index is 13.2. The van der Waals surface area contributed by atoms with Gasteiger partial charge in [-0.3, -0.25) is 0 Å². The van der Waals surface area contributed by atoms with E-state index in [9.17, 15) is 34.8 Å². The normalized spacial score (nSPS) is 23.9. The van der Waals surface area contributed by atoms with Crippen LogP contribution in [0.25, 0.3) is 0 Å². The maximum Gasteiger partial charge on any atom is 0.419 e. The molecule has 6 nitrogen and oxygen atoms in total. The summed E-state index contributed by atoms with van der Waals surface area (Å²) in [7, 11) is -3.47. The van der Waals surface area contributed by atoms with Crippen molar-refractivity contribution in [3.63, 3.8) is 0 Å². The van der Waals surface area contributed by atoms with Crippen LogP contribution in [0, 0.1) is 0 Å². The Morgan fingerprint density at radius 1 is 0.739 bits per heavy atom. The van der Waals surface area contributed by atoms with Crippen LogP contribution in [0.5, 0.6) is 11.5 Å². The molecule has 4 aliphatic heterocycles. The van der Waals surface area contributed by atoms with Crippen LogP contribution in [0.3, 0.4) is 0 Å². The number of hydrogen-bond donors (Lipinski definition) is 0. The van der Waals surface area contributed by atoms with Crippen LogP contribution in [-0.4, -0.2) is 70.9 Å². The number of rotatable bonds is 8. The molecule has 0 spiro atoms. The molecule has 256 valence electrons. The molecular weight excluding hydrogens is 658 g/mol. The largest absolute Gasteiger partial charge is 0.493 e. The van der Waals surface area contributed by atoms with Gasteiger partial charge in [0, 0.05) is 35.1 Å². The molecule has 2 saturated heterocycles. The summed E-state index contributed by atoms with van der Waals surface area (Å²) in [5, 5.41) is 0. The summed E-state index contributed by atoms with van der Waals surface area (Å²) < 4.78 is 124. The number of alkyl halides is 6. The summed E-state index contributed by atoms with van der Waals surface area (Å²) in [6.07, 6.45) is -4.74. The standard InChI is InChI=1S/C16H19F3O4S.C16H19F3O2S/c1-14(2,8-15(9-23-15)16(17,18)19)12-7-11(24(3,20)21)6-10-4-5-22-13(10)12;1-14(2,8-15(9-21-15)16(17,18)19)12-7-11(22-3)6-10-4-5-20-13(10)12/h6-7H,4-5,8-9H2,1-3H3;6-7H,4-5,8-9H2,1-3H3. The number of sulfone groups is 1. The lowest BCUT2D eigenvalue weighted by molar-refractivity contribution is -0.189. The first-order valence-corrected chi connectivity index (χ1v) is 17.9. The number of halogens is 6. The average Bonchev–Trinajstić information content (AvgIpc) is 3.77. The fourth-order valence-corrected chi connectivity index (χ4v) is 7.60. The average molecular weight is 697 g/mol. The molecule has 6 rings (SSSR count). The van der Waals surface area contributed by atoms with Crippen LogP contribution >= 0.6 is 11.8 Å². The van der Waals surface area contributed by atoms with E-state index < -0.39 is 44.2 Å².